The molecule has 0 bridgehead atoms. The van der Waals surface area contributed by atoms with Gasteiger partial charge >= 0.3 is 0 Å². The summed E-state index contributed by atoms with van der Waals surface area (Å²) in [5.74, 6) is -0.0538. The number of carbonyl (C=O) groups is 1. The molecule has 1 saturated heterocycles. The van der Waals surface area contributed by atoms with Gasteiger partial charge in [0, 0.05) is 31.2 Å². The molecule has 3 rings (SSSR count). The van der Waals surface area contributed by atoms with Gasteiger partial charge in [0.15, 0.2) is 0 Å². The number of hydrogen-bond donors (Lipinski definition) is 2. The minimum atomic E-state index is -0.0538. The maximum Gasteiger partial charge on any atom is 0.227 e. The fraction of sp³-hybridized carbons (Fsp3) is 0.357. The maximum absolute atomic E-state index is 12.0. The molecule has 1 aromatic carbocycles. The lowest BCUT2D eigenvalue weighted by atomic mass is 10.2. The molecular weight excluding hydrogens is 292 g/mol. The van der Waals surface area contributed by atoms with Gasteiger partial charge in [0.1, 0.15) is 0 Å². The van der Waals surface area contributed by atoms with Crippen LogP contribution in [-0.4, -0.2) is 41.7 Å². The number of benzene rings is 1. The summed E-state index contributed by atoms with van der Waals surface area (Å²) < 4.78 is 5.51. The lowest BCUT2D eigenvalue weighted by molar-refractivity contribution is -0.119. The fourth-order valence-electron chi connectivity index (χ4n) is 2.21. The molecule has 112 valence electrons. The van der Waals surface area contributed by atoms with Gasteiger partial charge in [0.2, 0.25) is 5.91 Å². The monoisotopic (exact) mass is 308 g/mol. The zero-order valence-corrected chi connectivity index (χ0v) is 12.2. The second-order valence-corrected chi connectivity index (χ2v) is 4.71. The highest BCUT2D eigenvalue weighted by Gasteiger charge is 2.17. The number of ether oxygens (including phenoxy) is 1. The molecule has 1 amide bonds. The van der Waals surface area contributed by atoms with Crippen LogP contribution in [0.15, 0.2) is 30.6 Å². The second-order valence-electron chi connectivity index (χ2n) is 4.71. The van der Waals surface area contributed by atoms with E-state index >= 15 is 0 Å². The van der Waals surface area contributed by atoms with E-state index in [1.165, 1.54) is 0 Å². The van der Waals surface area contributed by atoms with Gasteiger partial charge < -0.3 is 15.4 Å². The smallest absolute Gasteiger partial charge is 0.227 e. The first-order chi connectivity index (χ1) is 9.81. The van der Waals surface area contributed by atoms with Crippen molar-refractivity contribution < 1.29 is 9.53 Å². The summed E-state index contributed by atoms with van der Waals surface area (Å²) in [6.45, 7) is 2.22. The van der Waals surface area contributed by atoms with Crippen LogP contribution in [0.1, 0.15) is 6.42 Å². The SMILES string of the molecule is Cl.O=C(CC1CNCCO1)Nc1ccc2nccnc2c1. The molecule has 0 spiro atoms. The van der Waals surface area contributed by atoms with Gasteiger partial charge in [-0.3, -0.25) is 14.8 Å². The number of morpholine rings is 1. The molecule has 1 aliphatic heterocycles. The Labute approximate surface area is 128 Å². The summed E-state index contributed by atoms with van der Waals surface area (Å²) in [5.41, 5.74) is 2.30. The highest BCUT2D eigenvalue weighted by molar-refractivity contribution is 5.93. The van der Waals surface area contributed by atoms with Crippen molar-refractivity contribution in [2.24, 2.45) is 0 Å². The number of amides is 1. The number of rotatable bonds is 3. The molecule has 21 heavy (non-hydrogen) atoms. The van der Waals surface area contributed by atoms with Crippen molar-refractivity contribution in [1.29, 1.82) is 0 Å². The summed E-state index contributed by atoms with van der Waals surface area (Å²) in [6.07, 6.45) is 3.58. The third kappa shape index (κ3) is 4.10. The number of nitrogens with one attached hydrogen (secondary N) is 2. The quantitative estimate of drug-likeness (QED) is 0.895. The zero-order chi connectivity index (χ0) is 13.8. The summed E-state index contributed by atoms with van der Waals surface area (Å²) in [4.78, 5) is 20.4. The molecule has 1 unspecified atom stereocenters. The third-order valence-electron chi connectivity index (χ3n) is 3.17. The first kappa shape index (κ1) is 15.6. The Kier molecular flexibility index (Phi) is 5.44. The Morgan fingerprint density at radius 1 is 1.33 bits per heavy atom. The van der Waals surface area contributed by atoms with E-state index in [9.17, 15) is 4.79 Å². The maximum atomic E-state index is 12.0. The zero-order valence-electron chi connectivity index (χ0n) is 11.4. The number of nitrogens with zero attached hydrogens (tertiary/aromatic N) is 2. The van der Waals surface area contributed by atoms with E-state index in [4.69, 9.17) is 4.74 Å². The van der Waals surface area contributed by atoms with Crippen molar-refractivity contribution in [2.75, 3.05) is 25.0 Å². The van der Waals surface area contributed by atoms with Crippen LogP contribution < -0.4 is 10.6 Å². The molecule has 2 heterocycles. The van der Waals surface area contributed by atoms with E-state index in [-0.39, 0.29) is 24.4 Å². The van der Waals surface area contributed by atoms with E-state index in [1.54, 1.807) is 12.4 Å². The van der Waals surface area contributed by atoms with Crippen molar-refractivity contribution >= 4 is 35.0 Å². The van der Waals surface area contributed by atoms with Gasteiger partial charge in [-0.2, -0.15) is 0 Å². The van der Waals surface area contributed by atoms with Crippen molar-refractivity contribution in [3.05, 3.63) is 30.6 Å². The van der Waals surface area contributed by atoms with Gasteiger partial charge in [-0.1, -0.05) is 0 Å². The summed E-state index contributed by atoms with van der Waals surface area (Å²) in [5, 5.41) is 6.07. The standard InChI is InChI=1S/C14H16N4O2.ClH/c19-14(8-11-9-15-5-6-20-11)18-10-1-2-12-13(7-10)17-4-3-16-12;/h1-4,7,11,15H,5-6,8-9H2,(H,18,19);1H. The van der Waals surface area contributed by atoms with Gasteiger partial charge in [0.05, 0.1) is 30.2 Å². The second kappa shape index (κ2) is 7.31. The predicted octanol–water partition coefficient (Wildman–Crippen LogP) is 1.37. The van der Waals surface area contributed by atoms with E-state index in [1.807, 2.05) is 18.2 Å². The average Bonchev–Trinajstić information content (AvgIpc) is 2.48. The number of aromatic nitrogens is 2. The minimum absolute atomic E-state index is 0. The van der Waals surface area contributed by atoms with Crippen LogP contribution in [-0.2, 0) is 9.53 Å². The Morgan fingerprint density at radius 2 is 2.14 bits per heavy atom. The molecule has 0 radical (unpaired) electrons. The Balaban J connectivity index is 0.00000161. The normalized spacial score (nSPS) is 18.0. The molecule has 7 heteroatoms. The molecule has 1 aromatic heterocycles. The fourth-order valence-corrected chi connectivity index (χ4v) is 2.21. The topological polar surface area (TPSA) is 76.1 Å². The number of hydrogen-bond acceptors (Lipinski definition) is 5. The Morgan fingerprint density at radius 3 is 2.90 bits per heavy atom. The van der Waals surface area contributed by atoms with Gasteiger partial charge in [-0.05, 0) is 18.2 Å². The minimum Gasteiger partial charge on any atom is -0.375 e. The molecule has 0 aliphatic carbocycles. The van der Waals surface area contributed by atoms with Gasteiger partial charge in [-0.25, -0.2) is 0 Å². The Hall–Kier alpha value is -1.76. The molecule has 0 saturated carbocycles. The predicted molar refractivity (Wildman–Crippen MR) is 82.6 cm³/mol. The van der Waals surface area contributed by atoms with Crippen molar-refractivity contribution in [1.82, 2.24) is 15.3 Å². The van der Waals surface area contributed by atoms with Crippen LogP contribution in [0.3, 0.4) is 0 Å². The van der Waals surface area contributed by atoms with Crippen LogP contribution in [0.4, 0.5) is 5.69 Å². The van der Waals surface area contributed by atoms with Crippen molar-refractivity contribution in [3.8, 4) is 0 Å². The number of halogens is 1. The lowest BCUT2D eigenvalue weighted by Crippen LogP contribution is -2.40. The van der Waals surface area contributed by atoms with Crippen LogP contribution in [0.25, 0.3) is 11.0 Å². The van der Waals surface area contributed by atoms with E-state index in [0.717, 1.165) is 29.8 Å². The van der Waals surface area contributed by atoms with Crippen LogP contribution >= 0.6 is 12.4 Å². The third-order valence-corrected chi connectivity index (χ3v) is 3.17. The molecular formula is C14H17ClN4O2. The average molecular weight is 309 g/mol. The molecule has 6 nitrogen and oxygen atoms in total. The number of carbonyl (C=O) groups excluding carboxylic acids is 1. The first-order valence-corrected chi connectivity index (χ1v) is 6.64. The molecule has 1 aliphatic rings. The van der Waals surface area contributed by atoms with Crippen LogP contribution in [0, 0.1) is 0 Å². The summed E-state index contributed by atoms with van der Waals surface area (Å²) >= 11 is 0. The van der Waals surface area contributed by atoms with Crippen molar-refractivity contribution in [3.63, 3.8) is 0 Å². The van der Waals surface area contributed by atoms with E-state index < -0.39 is 0 Å². The van der Waals surface area contributed by atoms with Gasteiger partial charge in [-0.15, -0.1) is 12.4 Å². The lowest BCUT2D eigenvalue weighted by Gasteiger charge is -2.23. The molecule has 1 atom stereocenters. The highest BCUT2D eigenvalue weighted by atomic mass is 35.5. The Bertz CT molecular complexity index is 617. The highest BCUT2D eigenvalue weighted by Crippen LogP contribution is 2.15. The van der Waals surface area contributed by atoms with Crippen LogP contribution in [0.5, 0.6) is 0 Å². The van der Waals surface area contributed by atoms with Gasteiger partial charge in [0.25, 0.3) is 0 Å². The largest absolute Gasteiger partial charge is 0.375 e. The van der Waals surface area contributed by atoms with E-state index in [2.05, 4.69) is 20.6 Å². The summed E-state index contributed by atoms with van der Waals surface area (Å²) in [7, 11) is 0. The number of anilines is 1. The van der Waals surface area contributed by atoms with Crippen molar-refractivity contribution in [2.45, 2.75) is 12.5 Å². The molecule has 1 fully saturated rings. The first-order valence-electron chi connectivity index (χ1n) is 6.64. The number of fused-ring (bicyclic) bond motifs is 1. The molecule has 2 N–H and O–H groups in total. The molecule has 2 aromatic rings. The summed E-state index contributed by atoms with van der Waals surface area (Å²) in [6, 6.07) is 5.49. The van der Waals surface area contributed by atoms with Crippen LogP contribution in [0.2, 0.25) is 0 Å². The van der Waals surface area contributed by atoms with E-state index in [0.29, 0.717) is 13.0 Å².